The van der Waals surface area contributed by atoms with E-state index in [1.54, 1.807) is 13.0 Å². The second kappa shape index (κ2) is 10.7. The lowest BCUT2D eigenvalue weighted by Gasteiger charge is -2.36. The van der Waals surface area contributed by atoms with Crippen molar-refractivity contribution in [2.45, 2.75) is 53.8 Å². The summed E-state index contributed by atoms with van der Waals surface area (Å²) >= 11 is 0. The average molecular weight is 497 g/mol. The molecule has 194 valence electrons. The number of aliphatic hydroxyl groups excluding tert-OH is 1. The minimum Gasteiger partial charge on any atom is -0.457 e. The van der Waals surface area contributed by atoms with Gasteiger partial charge < -0.3 is 14.6 Å². The first-order chi connectivity index (χ1) is 17.1. The fourth-order valence-electron chi connectivity index (χ4n) is 5.62. The SMILES string of the molecule is CC/C(=C(/C)C1=C(C)C(=O)OC1)[C@@H](O)CN1CCN(CC(=O)c2c(C)cc3c(c2C)COC3=O)CC1. The summed E-state index contributed by atoms with van der Waals surface area (Å²) < 4.78 is 10.3. The summed E-state index contributed by atoms with van der Waals surface area (Å²) in [7, 11) is 0. The topological polar surface area (TPSA) is 96.4 Å². The zero-order chi connectivity index (χ0) is 26.1. The van der Waals surface area contributed by atoms with E-state index < -0.39 is 6.10 Å². The fourth-order valence-corrected chi connectivity index (χ4v) is 5.62. The van der Waals surface area contributed by atoms with Crippen LogP contribution in [-0.4, -0.2) is 84.6 Å². The Morgan fingerprint density at radius 2 is 1.67 bits per heavy atom. The third-order valence-corrected chi connectivity index (χ3v) is 7.84. The predicted octanol–water partition coefficient (Wildman–Crippen LogP) is 2.73. The number of aliphatic hydroxyl groups is 1. The van der Waals surface area contributed by atoms with Crippen molar-refractivity contribution >= 4 is 17.7 Å². The van der Waals surface area contributed by atoms with Crippen molar-refractivity contribution in [3.63, 3.8) is 0 Å². The van der Waals surface area contributed by atoms with Crippen LogP contribution in [0.25, 0.3) is 0 Å². The number of rotatable bonds is 8. The molecule has 1 aromatic carbocycles. The molecule has 0 saturated carbocycles. The van der Waals surface area contributed by atoms with Crippen LogP contribution in [-0.2, 0) is 20.9 Å². The van der Waals surface area contributed by atoms with Crippen molar-refractivity contribution in [2.24, 2.45) is 0 Å². The van der Waals surface area contributed by atoms with E-state index in [2.05, 4.69) is 9.80 Å². The maximum atomic E-state index is 13.2. The maximum Gasteiger partial charge on any atom is 0.338 e. The van der Waals surface area contributed by atoms with Gasteiger partial charge in [-0.3, -0.25) is 14.6 Å². The minimum absolute atomic E-state index is 0.0597. The molecule has 8 nitrogen and oxygen atoms in total. The van der Waals surface area contributed by atoms with Crippen LogP contribution in [0.4, 0.5) is 0 Å². The van der Waals surface area contributed by atoms with E-state index in [0.29, 0.717) is 36.2 Å². The number of ether oxygens (including phenoxy) is 2. The van der Waals surface area contributed by atoms with E-state index in [9.17, 15) is 19.5 Å². The zero-order valence-corrected chi connectivity index (χ0v) is 21.9. The highest BCUT2D eigenvalue weighted by atomic mass is 16.5. The van der Waals surface area contributed by atoms with Gasteiger partial charge in [-0.05, 0) is 62.5 Å². The van der Waals surface area contributed by atoms with Crippen LogP contribution in [0.5, 0.6) is 0 Å². The molecule has 1 atom stereocenters. The van der Waals surface area contributed by atoms with Gasteiger partial charge in [0.25, 0.3) is 0 Å². The van der Waals surface area contributed by atoms with Crippen molar-refractivity contribution in [2.75, 3.05) is 45.9 Å². The van der Waals surface area contributed by atoms with Gasteiger partial charge in [-0.15, -0.1) is 0 Å². The molecule has 1 aromatic rings. The number of hydrogen-bond acceptors (Lipinski definition) is 8. The Bertz CT molecular complexity index is 1160. The number of cyclic esters (lactones) is 2. The highest BCUT2D eigenvalue weighted by Gasteiger charge is 2.30. The number of aryl methyl sites for hydroxylation is 1. The molecule has 3 aliphatic heterocycles. The van der Waals surface area contributed by atoms with E-state index in [4.69, 9.17) is 9.47 Å². The molecule has 0 spiro atoms. The summed E-state index contributed by atoms with van der Waals surface area (Å²) in [4.78, 5) is 41.2. The van der Waals surface area contributed by atoms with Gasteiger partial charge in [-0.1, -0.05) is 6.92 Å². The van der Waals surface area contributed by atoms with Crippen molar-refractivity contribution in [3.8, 4) is 0 Å². The molecule has 8 heteroatoms. The number of fused-ring (bicyclic) bond motifs is 1. The number of benzene rings is 1. The van der Waals surface area contributed by atoms with Gasteiger partial charge in [0.15, 0.2) is 5.78 Å². The number of ketones is 1. The number of esters is 2. The van der Waals surface area contributed by atoms with Gasteiger partial charge in [0.1, 0.15) is 13.2 Å². The first kappa shape index (κ1) is 26.3. The van der Waals surface area contributed by atoms with Gasteiger partial charge >= 0.3 is 11.9 Å². The maximum absolute atomic E-state index is 13.2. The summed E-state index contributed by atoms with van der Waals surface area (Å²) in [6.07, 6.45) is 0.0727. The number of carbonyl (C=O) groups is 3. The lowest BCUT2D eigenvalue weighted by molar-refractivity contribution is -0.135. The second-order valence-corrected chi connectivity index (χ2v) is 9.99. The standard InChI is InChI=1S/C28H36N2O6/c1-6-20(17(3)22-14-35-27(33)19(22)5)24(31)12-29-7-9-30(10-8-29)13-25(32)26-16(2)11-21-23(18(26)4)15-36-28(21)34/h11,24,31H,6-10,12-15H2,1-5H3/b20-17+/t24-/m0/s1. The molecule has 1 fully saturated rings. The van der Waals surface area contributed by atoms with Crippen LogP contribution in [0.15, 0.2) is 28.4 Å². The van der Waals surface area contributed by atoms with Gasteiger partial charge in [0, 0.05) is 55.0 Å². The third-order valence-electron chi connectivity index (χ3n) is 7.84. The first-order valence-electron chi connectivity index (χ1n) is 12.6. The van der Waals surface area contributed by atoms with Gasteiger partial charge in [-0.25, -0.2) is 9.59 Å². The molecule has 0 bridgehead atoms. The molecule has 0 aliphatic carbocycles. The van der Waals surface area contributed by atoms with Crippen molar-refractivity contribution in [1.29, 1.82) is 0 Å². The molecule has 4 rings (SSSR count). The molecule has 0 aromatic heterocycles. The highest BCUT2D eigenvalue weighted by molar-refractivity contribution is 6.03. The van der Waals surface area contributed by atoms with E-state index in [-0.39, 0.29) is 30.9 Å². The van der Waals surface area contributed by atoms with E-state index in [1.807, 2.05) is 27.7 Å². The van der Waals surface area contributed by atoms with Crippen molar-refractivity contribution in [3.05, 3.63) is 56.2 Å². The molecule has 0 radical (unpaired) electrons. The Hall–Kier alpha value is -2.81. The molecule has 3 heterocycles. The number of carbonyl (C=O) groups excluding carboxylic acids is 3. The predicted molar refractivity (Wildman–Crippen MR) is 135 cm³/mol. The van der Waals surface area contributed by atoms with Crippen LogP contribution >= 0.6 is 0 Å². The molecular weight excluding hydrogens is 460 g/mol. The van der Waals surface area contributed by atoms with Crippen LogP contribution in [0, 0.1) is 13.8 Å². The third kappa shape index (κ3) is 5.03. The fraction of sp³-hybridized carbons (Fsp3) is 0.536. The summed E-state index contributed by atoms with van der Waals surface area (Å²) in [5, 5.41) is 11.0. The Labute approximate surface area is 212 Å². The summed E-state index contributed by atoms with van der Waals surface area (Å²) in [5.41, 5.74) is 7.13. The van der Waals surface area contributed by atoms with Crippen LogP contribution in [0.3, 0.4) is 0 Å². The van der Waals surface area contributed by atoms with Gasteiger partial charge in [0.05, 0.1) is 18.2 Å². The Balaban J connectivity index is 1.35. The molecule has 1 saturated heterocycles. The average Bonchev–Trinajstić information content (AvgIpc) is 3.37. The summed E-state index contributed by atoms with van der Waals surface area (Å²) in [5.74, 6) is -0.543. The number of Topliss-reactive ketones (excluding diaryl/α,β-unsaturated/α-hetero) is 1. The first-order valence-corrected chi connectivity index (χ1v) is 12.6. The number of β-amino-alcohol motifs (C(OH)–C–C–N with tert-alkyl or cyclic N) is 1. The van der Waals surface area contributed by atoms with E-state index in [1.165, 1.54) is 0 Å². The van der Waals surface area contributed by atoms with Crippen LogP contribution in [0.2, 0.25) is 0 Å². The van der Waals surface area contributed by atoms with Gasteiger partial charge in [-0.2, -0.15) is 0 Å². The molecule has 0 amide bonds. The number of piperazine rings is 1. The van der Waals surface area contributed by atoms with E-state index in [0.717, 1.165) is 59.6 Å². The second-order valence-electron chi connectivity index (χ2n) is 9.99. The zero-order valence-electron chi connectivity index (χ0n) is 21.9. The number of hydrogen-bond donors (Lipinski definition) is 1. The lowest BCUT2D eigenvalue weighted by Crippen LogP contribution is -2.50. The molecular formula is C28H36N2O6. The molecule has 1 N–H and O–H groups in total. The van der Waals surface area contributed by atoms with Gasteiger partial charge in [0.2, 0.25) is 0 Å². The molecule has 36 heavy (non-hydrogen) atoms. The smallest absolute Gasteiger partial charge is 0.338 e. The highest BCUT2D eigenvalue weighted by Crippen LogP contribution is 2.30. The molecule has 0 unspecified atom stereocenters. The Morgan fingerprint density at radius 1 is 1.03 bits per heavy atom. The normalized spacial score (nSPS) is 20.3. The largest absolute Gasteiger partial charge is 0.457 e. The minimum atomic E-state index is -0.624. The van der Waals surface area contributed by atoms with Crippen LogP contribution in [0.1, 0.15) is 64.6 Å². The Morgan fingerprint density at radius 3 is 2.28 bits per heavy atom. The summed E-state index contributed by atoms with van der Waals surface area (Å²) in [6, 6.07) is 1.77. The molecule has 3 aliphatic rings. The summed E-state index contributed by atoms with van der Waals surface area (Å²) in [6.45, 7) is 13.8. The quantitative estimate of drug-likeness (QED) is 0.434. The number of nitrogens with zero attached hydrogens (tertiary/aromatic N) is 2. The van der Waals surface area contributed by atoms with Crippen molar-refractivity contribution < 1.29 is 29.0 Å². The van der Waals surface area contributed by atoms with Crippen LogP contribution < -0.4 is 0 Å². The van der Waals surface area contributed by atoms with E-state index >= 15 is 0 Å². The Kier molecular flexibility index (Phi) is 7.78. The monoisotopic (exact) mass is 496 g/mol. The van der Waals surface area contributed by atoms with Crippen molar-refractivity contribution in [1.82, 2.24) is 9.80 Å². The lowest BCUT2D eigenvalue weighted by atomic mass is 9.91.